The molecule has 0 spiro atoms. The van der Waals surface area contributed by atoms with Gasteiger partial charge in [-0.3, -0.25) is 14.9 Å². The summed E-state index contributed by atoms with van der Waals surface area (Å²) in [6.45, 7) is 1.70. The van der Waals surface area contributed by atoms with Crippen molar-refractivity contribution in [2.24, 2.45) is 0 Å². The van der Waals surface area contributed by atoms with Crippen molar-refractivity contribution in [3.05, 3.63) is 59.1 Å². The van der Waals surface area contributed by atoms with Crippen molar-refractivity contribution < 1.29 is 18.5 Å². The second-order valence-corrected chi connectivity index (χ2v) is 5.79. The van der Waals surface area contributed by atoms with Crippen LogP contribution in [0.15, 0.2) is 51.6 Å². The van der Waals surface area contributed by atoms with E-state index < -0.39 is 5.91 Å². The monoisotopic (exact) mass is 374 g/mol. The molecule has 2 heterocycles. The lowest BCUT2D eigenvalue weighted by Crippen LogP contribution is -2.22. The van der Waals surface area contributed by atoms with Gasteiger partial charge in [0, 0.05) is 11.1 Å². The Hall–Kier alpha value is -3.26. The second kappa shape index (κ2) is 7.75. The topological polar surface area (TPSA) is 109 Å². The first-order chi connectivity index (χ1) is 12.5. The maximum Gasteiger partial charge on any atom is 0.291 e. The van der Waals surface area contributed by atoms with E-state index in [0.29, 0.717) is 22.1 Å². The first-order valence-corrected chi connectivity index (χ1v) is 8.00. The highest BCUT2D eigenvalue weighted by molar-refractivity contribution is 6.31. The molecule has 3 rings (SSSR count). The number of anilines is 3. The van der Waals surface area contributed by atoms with Crippen LogP contribution in [0.25, 0.3) is 0 Å². The Balaban J connectivity index is 1.65. The summed E-state index contributed by atoms with van der Waals surface area (Å²) in [6, 6.07) is 9.63. The van der Waals surface area contributed by atoms with Gasteiger partial charge in [0.25, 0.3) is 5.91 Å². The van der Waals surface area contributed by atoms with Gasteiger partial charge in [0.05, 0.1) is 29.9 Å². The normalized spacial score (nSPS) is 10.4. The summed E-state index contributed by atoms with van der Waals surface area (Å²) in [6.07, 6.45) is 1.40. The predicted molar refractivity (Wildman–Crippen MR) is 96.5 cm³/mol. The van der Waals surface area contributed by atoms with Crippen LogP contribution >= 0.6 is 11.6 Å². The molecule has 0 saturated carbocycles. The van der Waals surface area contributed by atoms with Crippen molar-refractivity contribution in [1.82, 2.24) is 5.16 Å². The minimum absolute atomic E-state index is 0.0506. The highest BCUT2D eigenvalue weighted by Crippen LogP contribution is 2.26. The van der Waals surface area contributed by atoms with E-state index >= 15 is 0 Å². The number of rotatable bonds is 6. The summed E-state index contributed by atoms with van der Waals surface area (Å²) in [4.78, 5) is 24.1. The number of nitrogens with zero attached hydrogens (tertiary/aromatic N) is 1. The summed E-state index contributed by atoms with van der Waals surface area (Å²) >= 11 is 6.00. The number of carbonyl (C=O) groups is 2. The summed E-state index contributed by atoms with van der Waals surface area (Å²) in [7, 11) is 0. The van der Waals surface area contributed by atoms with E-state index in [2.05, 4.69) is 21.1 Å². The van der Waals surface area contributed by atoms with E-state index in [-0.39, 0.29) is 24.1 Å². The first kappa shape index (κ1) is 17.6. The molecule has 2 aromatic heterocycles. The van der Waals surface area contributed by atoms with Crippen molar-refractivity contribution in [2.45, 2.75) is 6.92 Å². The molecule has 0 atom stereocenters. The second-order valence-electron chi connectivity index (χ2n) is 5.36. The van der Waals surface area contributed by atoms with Crippen molar-refractivity contribution >= 4 is 40.7 Å². The lowest BCUT2D eigenvalue weighted by molar-refractivity contribution is -0.114. The van der Waals surface area contributed by atoms with E-state index in [9.17, 15) is 9.59 Å². The Morgan fingerprint density at radius 2 is 2.00 bits per heavy atom. The third-order valence-corrected chi connectivity index (χ3v) is 3.54. The SMILES string of the molecule is Cc1cc(NC(=O)CNc2ccc(Cl)cc2NC(=O)c2ccco2)on1. The minimum Gasteiger partial charge on any atom is -0.459 e. The van der Waals surface area contributed by atoms with Crippen LogP contribution in [0.5, 0.6) is 0 Å². The molecule has 0 aliphatic rings. The summed E-state index contributed by atoms with van der Waals surface area (Å²) in [5, 5.41) is 12.3. The van der Waals surface area contributed by atoms with Crippen molar-refractivity contribution in [2.75, 3.05) is 22.5 Å². The molecule has 134 valence electrons. The Labute approximate surface area is 153 Å². The minimum atomic E-state index is -0.429. The zero-order valence-corrected chi connectivity index (χ0v) is 14.5. The molecule has 0 aliphatic heterocycles. The quantitative estimate of drug-likeness (QED) is 0.609. The van der Waals surface area contributed by atoms with Gasteiger partial charge in [-0.15, -0.1) is 0 Å². The van der Waals surface area contributed by atoms with Crippen LogP contribution in [0.1, 0.15) is 16.2 Å². The van der Waals surface area contributed by atoms with E-state index in [1.54, 1.807) is 43.3 Å². The van der Waals surface area contributed by atoms with Crippen LogP contribution in [0.3, 0.4) is 0 Å². The van der Waals surface area contributed by atoms with Gasteiger partial charge in [-0.05, 0) is 37.3 Å². The number of aryl methyl sites for hydroxylation is 1. The largest absolute Gasteiger partial charge is 0.459 e. The highest BCUT2D eigenvalue weighted by Gasteiger charge is 2.13. The van der Waals surface area contributed by atoms with Crippen LogP contribution in [0.2, 0.25) is 5.02 Å². The molecule has 0 bridgehead atoms. The Bertz CT molecular complexity index is 921. The number of benzene rings is 1. The molecule has 0 fully saturated rings. The average Bonchev–Trinajstić information content (AvgIpc) is 3.26. The zero-order valence-electron chi connectivity index (χ0n) is 13.7. The van der Waals surface area contributed by atoms with Gasteiger partial charge >= 0.3 is 0 Å². The van der Waals surface area contributed by atoms with Crippen molar-refractivity contribution in [1.29, 1.82) is 0 Å². The van der Waals surface area contributed by atoms with E-state index in [1.807, 2.05) is 0 Å². The van der Waals surface area contributed by atoms with E-state index in [0.717, 1.165) is 0 Å². The molecule has 3 aromatic rings. The average molecular weight is 375 g/mol. The molecule has 0 aliphatic carbocycles. The lowest BCUT2D eigenvalue weighted by Gasteiger charge is -2.12. The van der Waals surface area contributed by atoms with Crippen LogP contribution in [-0.2, 0) is 4.79 Å². The fourth-order valence-corrected chi connectivity index (χ4v) is 2.32. The first-order valence-electron chi connectivity index (χ1n) is 7.63. The zero-order chi connectivity index (χ0) is 18.5. The number of amides is 2. The Morgan fingerprint density at radius 3 is 2.69 bits per heavy atom. The molecule has 9 heteroatoms. The Kier molecular flexibility index (Phi) is 5.23. The molecule has 0 unspecified atom stereocenters. The van der Waals surface area contributed by atoms with Crippen LogP contribution in [0, 0.1) is 6.92 Å². The van der Waals surface area contributed by atoms with Gasteiger partial charge < -0.3 is 19.6 Å². The molecular formula is C17H15ClN4O4. The molecule has 2 amide bonds. The molecule has 3 N–H and O–H groups in total. The van der Waals surface area contributed by atoms with Gasteiger partial charge in [0.15, 0.2) is 5.76 Å². The highest BCUT2D eigenvalue weighted by atomic mass is 35.5. The van der Waals surface area contributed by atoms with Gasteiger partial charge in [-0.2, -0.15) is 0 Å². The standard InChI is InChI=1S/C17H15ClN4O4/c1-10-7-16(26-22-10)21-15(23)9-19-12-5-4-11(18)8-13(12)20-17(24)14-3-2-6-25-14/h2-8,19H,9H2,1H3,(H,20,24)(H,21,23). The molecule has 8 nitrogen and oxygen atoms in total. The lowest BCUT2D eigenvalue weighted by atomic mass is 10.2. The number of aromatic nitrogens is 1. The molecule has 0 saturated heterocycles. The van der Waals surface area contributed by atoms with Crippen LogP contribution < -0.4 is 16.0 Å². The number of nitrogens with one attached hydrogen (secondary N) is 3. The third kappa shape index (κ3) is 4.42. The maximum atomic E-state index is 12.1. The van der Waals surface area contributed by atoms with Crippen molar-refractivity contribution in [3.8, 4) is 0 Å². The van der Waals surface area contributed by atoms with E-state index in [1.165, 1.54) is 6.26 Å². The number of halogens is 1. The Morgan fingerprint density at radius 1 is 1.15 bits per heavy atom. The third-order valence-electron chi connectivity index (χ3n) is 3.30. The molecule has 0 radical (unpaired) electrons. The van der Waals surface area contributed by atoms with Gasteiger partial charge in [-0.25, -0.2) is 0 Å². The molecular weight excluding hydrogens is 360 g/mol. The van der Waals surface area contributed by atoms with E-state index in [4.69, 9.17) is 20.5 Å². The fourth-order valence-electron chi connectivity index (χ4n) is 2.15. The number of hydrogen-bond donors (Lipinski definition) is 3. The number of hydrogen-bond acceptors (Lipinski definition) is 6. The van der Waals surface area contributed by atoms with Crippen LogP contribution in [-0.4, -0.2) is 23.5 Å². The summed E-state index contributed by atoms with van der Waals surface area (Å²) in [5.74, 6) is -0.340. The van der Waals surface area contributed by atoms with Gasteiger partial charge in [-0.1, -0.05) is 16.8 Å². The van der Waals surface area contributed by atoms with Gasteiger partial charge in [0.2, 0.25) is 11.8 Å². The van der Waals surface area contributed by atoms with Gasteiger partial charge in [0.1, 0.15) is 0 Å². The predicted octanol–water partition coefficient (Wildman–Crippen LogP) is 3.53. The smallest absolute Gasteiger partial charge is 0.291 e. The fraction of sp³-hybridized carbons (Fsp3) is 0.118. The van der Waals surface area contributed by atoms with Crippen molar-refractivity contribution in [3.63, 3.8) is 0 Å². The number of furan rings is 1. The number of carbonyl (C=O) groups excluding carboxylic acids is 2. The summed E-state index contributed by atoms with van der Waals surface area (Å²) < 4.78 is 9.98. The molecule has 26 heavy (non-hydrogen) atoms. The van der Waals surface area contributed by atoms with Crippen LogP contribution in [0.4, 0.5) is 17.3 Å². The summed E-state index contributed by atoms with van der Waals surface area (Å²) in [5.41, 5.74) is 1.61. The molecule has 1 aromatic carbocycles. The maximum absolute atomic E-state index is 12.1.